The highest BCUT2D eigenvalue weighted by Crippen LogP contribution is 2.29. The molecule has 0 aliphatic rings. The first-order valence-corrected chi connectivity index (χ1v) is 3.85. The number of alkyl halides is 3. The van der Waals surface area contributed by atoms with Crippen LogP contribution in [0.4, 0.5) is 23.2 Å². The lowest BCUT2D eigenvalue weighted by molar-refractivity contribution is -0.275. The van der Waals surface area contributed by atoms with Crippen molar-refractivity contribution in [2.45, 2.75) is 6.36 Å². The van der Waals surface area contributed by atoms with Crippen molar-refractivity contribution in [1.82, 2.24) is 0 Å². The van der Waals surface area contributed by atoms with Gasteiger partial charge in [0, 0.05) is 5.56 Å². The number of nitrogen functional groups attached to an aromatic ring is 1. The van der Waals surface area contributed by atoms with E-state index < -0.39 is 29.5 Å². The van der Waals surface area contributed by atoms with Crippen molar-refractivity contribution in [1.29, 1.82) is 0 Å². The summed E-state index contributed by atoms with van der Waals surface area (Å²) in [6.07, 6.45) is -5.08. The van der Waals surface area contributed by atoms with Crippen LogP contribution in [0.15, 0.2) is 12.1 Å². The number of hydrogen-bond donors (Lipinski definition) is 2. The molecule has 0 aromatic heterocycles. The molecule has 0 bridgehead atoms. The van der Waals surface area contributed by atoms with E-state index in [1.165, 1.54) is 0 Å². The lowest BCUT2D eigenvalue weighted by Crippen LogP contribution is -2.19. The van der Waals surface area contributed by atoms with E-state index in [0.717, 1.165) is 6.07 Å². The summed E-state index contributed by atoms with van der Waals surface area (Å²) in [5.74, 6) is -3.64. The van der Waals surface area contributed by atoms with Gasteiger partial charge < -0.3 is 16.2 Å². The van der Waals surface area contributed by atoms with Crippen LogP contribution in [0, 0.1) is 5.82 Å². The van der Waals surface area contributed by atoms with Crippen LogP contribution in [0.25, 0.3) is 0 Å². The van der Waals surface area contributed by atoms with Crippen molar-refractivity contribution in [3.8, 4) is 5.75 Å². The summed E-state index contributed by atoms with van der Waals surface area (Å²) >= 11 is 0. The molecule has 4 N–H and O–H groups in total. The first-order chi connectivity index (χ1) is 7.20. The normalized spacial score (nSPS) is 11.2. The predicted octanol–water partition coefficient (Wildman–Crippen LogP) is 1.41. The topological polar surface area (TPSA) is 78.3 Å². The van der Waals surface area contributed by atoms with E-state index in [0.29, 0.717) is 6.07 Å². The van der Waals surface area contributed by atoms with Gasteiger partial charge in [0.1, 0.15) is 0 Å². The number of carbonyl (C=O) groups excluding carboxylic acids is 1. The third kappa shape index (κ3) is 2.75. The number of ether oxygens (including phenoxy) is 1. The summed E-state index contributed by atoms with van der Waals surface area (Å²) in [6.45, 7) is 0. The van der Waals surface area contributed by atoms with Gasteiger partial charge >= 0.3 is 6.36 Å². The van der Waals surface area contributed by atoms with Gasteiger partial charge in [0.25, 0.3) is 0 Å². The minimum absolute atomic E-state index is 0.377. The molecule has 0 aliphatic heterocycles. The molecule has 0 unspecified atom stereocenters. The number of rotatable bonds is 2. The zero-order valence-electron chi connectivity index (χ0n) is 7.64. The molecule has 16 heavy (non-hydrogen) atoms. The molecule has 0 spiro atoms. The summed E-state index contributed by atoms with van der Waals surface area (Å²) in [7, 11) is 0. The van der Waals surface area contributed by atoms with Gasteiger partial charge in [0.2, 0.25) is 5.91 Å². The zero-order chi connectivity index (χ0) is 12.5. The van der Waals surface area contributed by atoms with Crippen molar-refractivity contribution in [3.05, 3.63) is 23.5 Å². The molecule has 0 saturated carbocycles. The minimum Gasteiger partial charge on any atom is -0.403 e. The molecule has 4 nitrogen and oxygen atoms in total. The molecule has 8 heteroatoms. The Hall–Kier alpha value is -1.99. The Morgan fingerprint density at radius 2 is 1.88 bits per heavy atom. The Bertz CT molecular complexity index is 431. The number of carbonyl (C=O) groups is 1. The summed E-state index contributed by atoms with van der Waals surface area (Å²) in [4.78, 5) is 10.7. The second kappa shape index (κ2) is 3.87. The number of nitrogens with two attached hydrogens (primary N) is 2. The van der Waals surface area contributed by atoms with Crippen molar-refractivity contribution >= 4 is 11.6 Å². The average molecular weight is 238 g/mol. The Morgan fingerprint density at radius 3 is 2.31 bits per heavy atom. The number of halogens is 4. The highest BCUT2D eigenvalue weighted by molar-refractivity contribution is 5.94. The predicted molar refractivity (Wildman–Crippen MR) is 46.0 cm³/mol. The van der Waals surface area contributed by atoms with Crippen LogP contribution in [-0.4, -0.2) is 12.3 Å². The quantitative estimate of drug-likeness (QED) is 0.603. The van der Waals surface area contributed by atoms with Crippen LogP contribution in [0.2, 0.25) is 0 Å². The fourth-order valence-corrected chi connectivity index (χ4v) is 0.961. The second-order valence-corrected chi connectivity index (χ2v) is 2.79. The molecule has 0 aliphatic carbocycles. The van der Waals surface area contributed by atoms with Crippen molar-refractivity contribution < 1.29 is 27.1 Å². The van der Waals surface area contributed by atoms with Gasteiger partial charge in [-0.2, -0.15) is 0 Å². The van der Waals surface area contributed by atoms with E-state index in [4.69, 9.17) is 11.5 Å². The van der Waals surface area contributed by atoms with E-state index in [2.05, 4.69) is 4.74 Å². The van der Waals surface area contributed by atoms with Crippen LogP contribution in [-0.2, 0) is 0 Å². The van der Waals surface area contributed by atoms with Gasteiger partial charge in [-0.25, -0.2) is 4.39 Å². The molecule has 1 amide bonds. The van der Waals surface area contributed by atoms with Gasteiger partial charge in [0.05, 0.1) is 5.69 Å². The summed E-state index contributed by atoms with van der Waals surface area (Å²) in [5.41, 5.74) is 8.83. The Balaban J connectivity index is 3.22. The number of anilines is 1. The zero-order valence-corrected chi connectivity index (χ0v) is 7.64. The Kier molecular flexibility index (Phi) is 2.92. The maximum Gasteiger partial charge on any atom is 0.573 e. The van der Waals surface area contributed by atoms with Gasteiger partial charge in [-0.3, -0.25) is 4.79 Å². The molecule has 0 saturated heterocycles. The van der Waals surface area contributed by atoms with Crippen LogP contribution < -0.4 is 16.2 Å². The van der Waals surface area contributed by atoms with Crippen LogP contribution >= 0.6 is 0 Å². The van der Waals surface area contributed by atoms with Crippen molar-refractivity contribution in [2.75, 3.05) is 5.73 Å². The average Bonchev–Trinajstić information content (AvgIpc) is 2.10. The first kappa shape index (κ1) is 12.1. The number of benzene rings is 1. The first-order valence-electron chi connectivity index (χ1n) is 3.85. The van der Waals surface area contributed by atoms with E-state index in [1.807, 2.05) is 0 Å². The molecule has 1 rings (SSSR count). The monoisotopic (exact) mass is 238 g/mol. The molecule has 1 aromatic rings. The highest BCUT2D eigenvalue weighted by atomic mass is 19.4. The Labute approximate surface area is 86.8 Å². The lowest BCUT2D eigenvalue weighted by atomic mass is 10.1. The van der Waals surface area contributed by atoms with Crippen molar-refractivity contribution in [3.63, 3.8) is 0 Å². The fourth-order valence-electron chi connectivity index (χ4n) is 0.961. The van der Waals surface area contributed by atoms with E-state index >= 15 is 0 Å². The highest BCUT2D eigenvalue weighted by Gasteiger charge is 2.33. The van der Waals surface area contributed by atoms with Crippen LogP contribution in [0.5, 0.6) is 5.75 Å². The maximum absolute atomic E-state index is 13.1. The van der Waals surface area contributed by atoms with Gasteiger partial charge in [-0.15, -0.1) is 13.2 Å². The van der Waals surface area contributed by atoms with Crippen LogP contribution in [0.1, 0.15) is 10.4 Å². The largest absolute Gasteiger partial charge is 0.573 e. The number of hydrogen-bond acceptors (Lipinski definition) is 3. The molecule has 1 aromatic carbocycles. The molecule has 0 heterocycles. The molecule has 0 atom stereocenters. The van der Waals surface area contributed by atoms with Crippen LogP contribution in [0.3, 0.4) is 0 Å². The summed E-state index contributed by atoms with van der Waals surface area (Å²) < 4.78 is 51.9. The fraction of sp³-hybridized carbons (Fsp3) is 0.125. The summed E-state index contributed by atoms with van der Waals surface area (Å²) in [5, 5.41) is 0. The van der Waals surface area contributed by atoms with Crippen molar-refractivity contribution in [2.24, 2.45) is 5.73 Å². The number of amides is 1. The Morgan fingerprint density at radius 1 is 1.31 bits per heavy atom. The maximum atomic E-state index is 13.1. The van der Waals surface area contributed by atoms with Gasteiger partial charge in [-0.1, -0.05) is 0 Å². The third-order valence-corrected chi connectivity index (χ3v) is 1.58. The molecule has 0 fully saturated rings. The van der Waals surface area contributed by atoms with E-state index in [1.54, 1.807) is 0 Å². The van der Waals surface area contributed by atoms with E-state index in [9.17, 15) is 22.4 Å². The van der Waals surface area contributed by atoms with Gasteiger partial charge in [0.15, 0.2) is 11.6 Å². The summed E-state index contributed by atoms with van der Waals surface area (Å²) in [6, 6.07) is 1.35. The molecular weight excluding hydrogens is 232 g/mol. The molecule has 88 valence electrons. The van der Waals surface area contributed by atoms with Gasteiger partial charge in [-0.05, 0) is 12.1 Å². The molecular formula is C8H6F4N2O2. The van der Waals surface area contributed by atoms with E-state index in [-0.39, 0.29) is 5.56 Å². The molecule has 0 radical (unpaired) electrons. The third-order valence-electron chi connectivity index (χ3n) is 1.58. The SMILES string of the molecule is NC(=O)c1cc(N)c(F)c(OC(F)(F)F)c1. The smallest absolute Gasteiger partial charge is 0.403 e. The lowest BCUT2D eigenvalue weighted by Gasteiger charge is -2.11. The second-order valence-electron chi connectivity index (χ2n) is 2.79. The minimum atomic E-state index is -5.08. The standard InChI is InChI=1S/C8H6F4N2O2/c9-6-4(13)1-3(7(14)15)2-5(6)16-8(10,11)12/h1-2H,13H2,(H2,14,15). The number of primary amides is 1.